The molecule has 3 aromatic rings. The number of carbonyl (C=O) groups excluding carboxylic acids is 1. The SMILES string of the molecule is C=CC[C@@]1(C(=O)NCc2ccc(C(F)(F)F)cc2)N=C(c2ccc(OCCCO)cc2)O[C@@H]1c1ccccc1. The minimum absolute atomic E-state index is 0.0160. The molecular weight excluding hydrogens is 509 g/mol. The largest absolute Gasteiger partial charge is 0.494 e. The lowest BCUT2D eigenvalue weighted by Gasteiger charge is -2.29. The molecule has 1 heterocycles. The fourth-order valence-electron chi connectivity index (χ4n) is 4.31. The van der Waals surface area contributed by atoms with E-state index >= 15 is 0 Å². The predicted molar refractivity (Wildman–Crippen MR) is 141 cm³/mol. The molecule has 2 atom stereocenters. The van der Waals surface area contributed by atoms with Crippen LogP contribution in [0.2, 0.25) is 0 Å². The molecule has 204 valence electrons. The lowest BCUT2D eigenvalue weighted by atomic mass is 9.84. The number of amides is 1. The van der Waals surface area contributed by atoms with Crippen LogP contribution < -0.4 is 10.1 Å². The van der Waals surface area contributed by atoms with Crippen LogP contribution in [0.3, 0.4) is 0 Å². The highest BCUT2D eigenvalue weighted by Gasteiger charge is 2.52. The van der Waals surface area contributed by atoms with E-state index in [4.69, 9.17) is 19.6 Å². The van der Waals surface area contributed by atoms with E-state index in [0.29, 0.717) is 29.9 Å². The summed E-state index contributed by atoms with van der Waals surface area (Å²) in [5.74, 6) is 0.462. The number of alkyl halides is 3. The molecule has 0 saturated carbocycles. The number of nitrogens with one attached hydrogen (secondary N) is 1. The normalized spacial score (nSPS) is 18.7. The molecule has 0 radical (unpaired) electrons. The second kappa shape index (κ2) is 12.2. The molecule has 4 rings (SSSR count). The number of carbonyl (C=O) groups is 1. The van der Waals surface area contributed by atoms with Crippen LogP contribution in [0.1, 0.15) is 41.2 Å². The van der Waals surface area contributed by atoms with Crippen molar-refractivity contribution in [2.45, 2.75) is 37.2 Å². The molecule has 0 saturated heterocycles. The highest BCUT2D eigenvalue weighted by atomic mass is 19.4. The van der Waals surface area contributed by atoms with Gasteiger partial charge in [0.25, 0.3) is 5.91 Å². The number of aliphatic imine (C=N–C) groups is 1. The first-order valence-electron chi connectivity index (χ1n) is 12.5. The second-order valence-electron chi connectivity index (χ2n) is 9.07. The van der Waals surface area contributed by atoms with Crippen molar-refractivity contribution in [3.8, 4) is 5.75 Å². The Labute approximate surface area is 224 Å². The van der Waals surface area contributed by atoms with Crippen LogP contribution in [0.25, 0.3) is 0 Å². The van der Waals surface area contributed by atoms with Gasteiger partial charge in [0.1, 0.15) is 5.75 Å². The van der Waals surface area contributed by atoms with Crippen molar-refractivity contribution in [1.82, 2.24) is 5.32 Å². The van der Waals surface area contributed by atoms with Crippen LogP contribution in [0.4, 0.5) is 13.2 Å². The van der Waals surface area contributed by atoms with Gasteiger partial charge < -0.3 is 19.9 Å². The average molecular weight is 539 g/mol. The number of nitrogens with zero attached hydrogens (tertiary/aromatic N) is 1. The van der Waals surface area contributed by atoms with E-state index in [-0.39, 0.29) is 25.5 Å². The maximum Gasteiger partial charge on any atom is 0.416 e. The summed E-state index contributed by atoms with van der Waals surface area (Å²) in [6.45, 7) is 4.26. The van der Waals surface area contributed by atoms with Crippen molar-refractivity contribution in [2.24, 2.45) is 4.99 Å². The van der Waals surface area contributed by atoms with Gasteiger partial charge in [0, 0.05) is 31.6 Å². The first-order chi connectivity index (χ1) is 18.8. The van der Waals surface area contributed by atoms with Gasteiger partial charge in [-0.05, 0) is 47.5 Å². The molecule has 0 fully saturated rings. The summed E-state index contributed by atoms with van der Waals surface area (Å²) in [4.78, 5) is 18.5. The van der Waals surface area contributed by atoms with E-state index in [9.17, 15) is 18.0 Å². The summed E-state index contributed by atoms with van der Waals surface area (Å²) < 4.78 is 50.7. The van der Waals surface area contributed by atoms with Gasteiger partial charge in [0.2, 0.25) is 5.90 Å². The fourth-order valence-corrected chi connectivity index (χ4v) is 4.31. The maximum atomic E-state index is 13.8. The van der Waals surface area contributed by atoms with Crippen molar-refractivity contribution >= 4 is 11.8 Å². The number of benzene rings is 3. The molecule has 2 N–H and O–H groups in total. The van der Waals surface area contributed by atoms with Gasteiger partial charge in [-0.25, -0.2) is 4.99 Å². The van der Waals surface area contributed by atoms with E-state index in [0.717, 1.165) is 17.7 Å². The Hall–Kier alpha value is -4.11. The van der Waals surface area contributed by atoms with Crippen molar-refractivity contribution < 1.29 is 32.5 Å². The summed E-state index contributed by atoms with van der Waals surface area (Å²) in [5.41, 5.74) is -0.242. The molecule has 0 unspecified atom stereocenters. The predicted octanol–water partition coefficient (Wildman–Crippen LogP) is 5.62. The standard InChI is InChI=1S/C30H29F3N2O4/c1-2-17-29(28(37)34-20-21-9-13-24(14-10-21)30(31,32)33)26(22-7-4-3-5-8-22)39-27(35-29)23-11-15-25(16-12-23)38-19-6-18-36/h2-5,7-16,26,36H,1,6,17-20H2,(H,34,37)/t26-,29-/m1/s1. The van der Waals surface area contributed by atoms with Crippen LogP contribution in [0.5, 0.6) is 5.75 Å². The highest BCUT2D eigenvalue weighted by Crippen LogP contribution is 2.42. The molecule has 39 heavy (non-hydrogen) atoms. The minimum atomic E-state index is -4.44. The molecule has 0 bridgehead atoms. The monoisotopic (exact) mass is 538 g/mol. The van der Waals surface area contributed by atoms with Crippen molar-refractivity contribution in [3.63, 3.8) is 0 Å². The Balaban J connectivity index is 1.61. The molecule has 3 aromatic carbocycles. The smallest absolute Gasteiger partial charge is 0.416 e. The first-order valence-corrected chi connectivity index (χ1v) is 12.5. The Morgan fingerprint density at radius 3 is 2.38 bits per heavy atom. The van der Waals surface area contributed by atoms with Gasteiger partial charge in [0.05, 0.1) is 12.2 Å². The van der Waals surface area contributed by atoms with Crippen molar-refractivity contribution in [1.29, 1.82) is 0 Å². The summed E-state index contributed by atoms with van der Waals surface area (Å²) in [6, 6.07) is 21.0. The molecule has 0 aliphatic carbocycles. The van der Waals surface area contributed by atoms with Crippen molar-refractivity contribution in [2.75, 3.05) is 13.2 Å². The number of aliphatic hydroxyl groups excluding tert-OH is 1. The molecule has 1 aliphatic rings. The lowest BCUT2D eigenvalue weighted by Crippen LogP contribution is -2.47. The Morgan fingerprint density at radius 2 is 1.77 bits per heavy atom. The number of hydrogen-bond donors (Lipinski definition) is 2. The summed E-state index contributed by atoms with van der Waals surface area (Å²) in [6.07, 6.45) is -2.92. The Bertz CT molecular complexity index is 1290. The molecular formula is C30H29F3N2O4. The molecule has 1 aliphatic heterocycles. The number of rotatable bonds is 11. The van der Waals surface area contributed by atoms with Gasteiger partial charge in [-0.3, -0.25) is 4.79 Å². The van der Waals surface area contributed by atoms with Crippen LogP contribution in [-0.4, -0.2) is 35.7 Å². The topological polar surface area (TPSA) is 80.2 Å². The van der Waals surface area contributed by atoms with Gasteiger partial charge in [0.15, 0.2) is 11.6 Å². The van der Waals surface area contributed by atoms with Crippen LogP contribution >= 0.6 is 0 Å². The third-order valence-electron chi connectivity index (χ3n) is 6.32. The Morgan fingerprint density at radius 1 is 1.08 bits per heavy atom. The van der Waals surface area contributed by atoms with Crippen LogP contribution in [-0.2, 0) is 22.3 Å². The van der Waals surface area contributed by atoms with E-state index in [2.05, 4.69) is 11.9 Å². The number of halogens is 3. The average Bonchev–Trinajstić information content (AvgIpc) is 3.33. The van der Waals surface area contributed by atoms with E-state index < -0.39 is 29.3 Å². The second-order valence-corrected chi connectivity index (χ2v) is 9.07. The maximum absolute atomic E-state index is 13.8. The lowest BCUT2D eigenvalue weighted by molar-refractivity contribution is -0.137. The minimum Gasteiger partial charge on any atom is -0.494 e. The summed E-state index contributed by atoms with van der Waals surface area (Å²) in [7, 11) is 0. The van der Waals surface area contributed by atoms with E-state index in [1.807, 2.05) is 30.3 Å². The molecule has 1 amide bonds. The quantitative estimate of drug-likeness (QED) is 0.246. The Kier molecular flexibility index (Phi) is 8.71. The van der Waals surface area contributed by atoms with Gasteiger partial charge in [-0.1, -0.05) is 48.5 Å². The number of ether oxygens (including phenoxy) is 2. The zero-order valence-electron chi connectivity index (χ0n) is 21.2. The third kappa shape index (κ3) is 6.49. The molecule has 9 heteroatoms. The number of hydrogen-bond acceptors (Lipinski definition) is 5. The van der Waals surface area contributed by atoms with Gasteiger partial charge in [-0.2, -0.15) is 13.2 Å². The van der Waals surface area contributed by atoms with Gasteiger partial charge in [-0.15, -0.1) is 6.58 Å². The van der Waals surface area contributed by atoms with Crippen LogP contribution in [0, 0.1) is 0 Å². The molecule has 6 nitrogen and oxygen atoms in total. The molecule has 0 spiro atoms. The van der Waals surface area contributed by atoms with Crippen molar-refractivity contribution in [3.05, 3.63) is 114 Å². The fraction of sp³-hybridized carbons (Fsp3) is 0.267. The zero-order chi connectivity index (χ0) is 27.9. The van der Waals surface area contributed by atoms with E-state index in [1.165, 1.54) is 12.1 Å². The first kappa shape index (κ1) is 27.9. The highest BCUT2D eigenvalue weighted by molar-refractivity contribution is 6.01. The molecule has 0 aromatic heterocycles. The number of aliphatic hydroxyl groups is 1. The zero-order valence-corrected chi connectivity index (χ0v) is 21.2. The third-order valence-corrected chi connectivity index (χ3v) is 6.32. The summed E-state index contributed by atoms with van der Waals surface area (Å²) in [5, 5.41) is 11.8. The van der Waals surface area contributed by atoms with Gasteiger partial charge >= 0.3 is 6.18 Å². The van der Waals surface area contributed by atoms with Crippen LogP contribution in [0.15, 0.2) is 96.5 Å². The van der Waals surface area contributed by atoms with E-state index in [1.54, 1.807) is 30.3 Å². The summed E-state index contributed by atoms with van der Waals surface area (Å²) >= 11 is 0.